The number of nitrogens with two attached hydrogens (primary N) is 1. The molecule has 1 saturated carbocycles. The monoisotopic (exact) mass is 210 g/mol. The lowest BCUT2D eigenvalue weighted by Gasteiger charge is -2.22. The van der Waals surface area contributed by atoms with E-state index in [9.17, 15) is 0 Å². The van der Waals surface area contributed by atoms with Crippen molar-refractivity contribution < 1.29 is 0 Å². The molecule has 2 nitrogen and oxygen atoms in total. The van der Waals surface area contributed by atoms with Gasteiger partial charge in [-0.1, -0.05) is 39.5 Å². The molecule has 0 aromatic carbocycles. The zero-order valence-corrected chi connectivity index (χ0v) is 10.3. The van der Waals surface area contributed by atoms with Crippen molar-refractivity contribution in [2.45, 2.75) is 71.3 Å². The van der Waals surface area contributed by atoms with Gasteiger partial charge in [0.2, 0.25) is 0 Å². The molecule has 0 heterocycles. The highest BCUT2D eigenvalue weighted by atomic mass is 14.9. The molecule has 1 rings (SSSR count). The summed E-state index contributed by atoms with van der Waals surface area (Å²) in [6.45, 7) is 4.42. The Labute approximate surface area is 94.3 Å². The van der Waals surface area contributed by atoms with Gasteiger partial charge in [-0.25, -0.2) is 0 Å². The van der Waals surface area contributed by atoms with Crippen molar-refractivity contribution in [3.8, 4) is 0 Å². The summed E-state index contributed by atoms with van der Waals surface area (Å²) < 4.78 is 0. The van der Waals surface area contributed by atoms with Gasteiger partial charge in [-0.3, -0.25) is 4.99 Å². The van der Waals surface area contributed by atoms with E-state index in [1.54, 1.807) is 0 Å². The first-order chi connectivity index (χ1) is 7.27. The average Bonchev–Trinajstić information content (AvgIpc) is 2.29. The molecule has 0 amide bonds. The molecule has 0 spiro atoms. The molecule has 0 aromatic heterocycles. The van der Waals surface area contributed by atoms with Crippen molar-refractivity contribution in [1.82, 2.24) is 0 Å². The summed E-state index contributed by atoms with van der Waals surface area (Å²) in [5.41, 5.74) is 6.11. The summed E-state index contributed by atoms with van der Waals surface area (Å²) in [6.07, 6.45) is 10.1. The van der Waals surface area contributed by atoms with Crippen molar-refractivity contribution in [1.29, 1.82) is 0 Å². The maximum Gasteiger partial charge on any atom is 0.0971 e. The molecule has 1 unspecified atom stereocenters. The van der Waals surface area contributed by atoms with E-state index in [-0.39, 0.29) is 0 Å². The maximum absolute atomic E-state index is 6.11. The van der Waals surface area contributed by atoms with Crippen LogP contribution in [0.3, 0.4) is 0 Å². The summed E-state index contributed by atoms with van der Waals surface area (Å²) in [7, 11) is 0. The minimum atomic E-state index is 0.469. The first-order valence-electron chi connectivity index (χ1n) is 6.61. The Morgan fingerprint density at radius 2 is 1.93 bits per heavy atom. The van der Waals surface area contributed by atoms with E-state index in [1.807, 2.05) is 0 Å². The van der Waals surface area contributed by atoms with Crippen LogP contribution in [-0.2, 0) is 0 Å². The lowest BCUT2D eigenvalue weighted by Crippen LogP contribution is -2.27. The number of nitrogens with zero attached hydrogens (tertiary/aromatic N) is 1. The van der Waals surface area contributed by atoms with E-state index in [4.69, 9.17) is 10.7 Å². The van der Waals surface area contributed by atoms with Gasteiger partial charge >= 0.3 is 0 Å². The van der Waals surface area contributed by atoms with Crippen LogP contribution in [-0.4, -0.2) is 11.9 Å². The molecule has 2 N–H and O–H groups in total. The fraction of sp³-hybridized carbons (Fsp3) is 0.923. The van der Waals surface area contributed by atoms with E-state index in [2.05, 4.69) is 13.8 Å². The third-order valence-electron chi connectivity index (χ3n) is 3.45. The second-order valence-corrected chi connectivity index (χ2v) is 4.74. The Kier molecular flexibility index (Phi) is 5.74. The van der Waals surface area contributed by atoms with Crippen molar-refractivity contribution in [3.05, 3.63) is 0 Å². The largest absolute Gasteiger partial charge is 0.387 e. The molecular weight excluding hydrogens is 184 g/mol. The highest BCUT2D eigenvalue weighted by Gasteiger charge is 2.17. The normalized spacial score (nSPS) is 21.6. The van der Waals surface area contributed by atoms with Gasteiger partial charge in [0.15, 0.2) is 0 Å². The first kappa shape index (κ1) is 12.5. The highest BCUT2D eigenvalue weighted by Crippen LogP contribution is 2.24. The summed E-state index contributed by atoms with van der Waals surface area (Å²) in [6, 6.07) is 0.469. The van der Waals surface area contributed by atoms with Gasteiger partial charge in [-0.05, 0) is 25.7 Å². The van der Waals surface area contributed by atoms with Crippen molar-refractivity contribution in [2.75, 3.05) is 0 Å². The smallest absolute Gasteiger partial charge is 0.0971 e. The molecule has 1 aliphatic rings. The van der Waals surface area contributed by atoms with Crippen LogP contribution in [0.15, 0.2) is 4.99 Å². The Morgan fingerprint density at radius 1 is 1.27 bits per heavy atom. The Morgan fingerprint density at radius 3 is 2.47 bits per heavy atom. The highest BCUT2D eigenvalue weighted by molar-refractivity contribution is 5.83. The van der Waals surface area contributed by atoms with Gasteiger partial charge in [0.05, 0.1) is 11.9 Å². The third kappa shape index (κ3) is 4.23. The lowest BCUT2D eigenvalue weighted by atomic mass is 9.88. The van der Waals surface area contributed by atoms with Gasteiger partial charge in [0.1, 0.15) is 0 Å². The molecule has 0 bridgehead atoms. The molecule has 1 fully saturated rings. The molecule has 1 atom stereocenters. The average molecular weight is 210 g/mol. The second kappa shape index (κ2) is 6.86. The molecule has 1 aliphatic carbocycles. The molecule has 0 aromatic rings. The van der Waals surface area contributed by atoms with Crippen molar-refractivity contribution in [2.24, 2.45) is 16.6 Å². The molecule has 88 valence electrons. The first-order valence-corrected chi connectivity index (χ1v) is 6.61. The van der Waals surface area contributed by atoms with Crippen LogP contribution in [0.4, 0.5) is 0 Å². The minimum absolute atomic E-state index is 0.469. The van der Waals surface area contributed by atoms with E-state index in [0.717, 1.165) is 12.3 Å². The van der Waals surface area contributed by atoms with Crippen LogP contribution < -0.4 is 5.73 Å². The van der Waals surface area contributed by atoms with Crippen LogP contribution in [0.2, 0.25) is 0 Å². The topological polar surface area (TPSA) is 38.4 Å². The van der Waals surface area contributed by atoms with Gasteiger partial charge in [-0.15, -0.1) is 0 Å². The van der Waals surface area contributed by atoms with Crippen LogP contribution in [0.5, 0.6) is 0 Å². The molecule has 0 radical (unpaired) electrons. The van der Waals surface area contributed by atoms with Gasteiger partial charge in [0, 0.05) is 5.92 Å². The van der Waals surface area contributed by atoms with Crippen LogP contribution in [0, 0.1) is 5.92 Å². The van der Waals surface area contributed by atoms with Gasteiger partial charge in [-0.2, -0.15) is 0 Å². The quantitative estimate of drug-likeness (QED) is 0.547. The molecule has 0 saturated heterocycles. The lowest BCUT2D eigenvalue weighted by molar-refractivity contribution is 0.433. The number of rotatable bonds is 5. The van der Waals surface area contributed by atoms with Gasteiger partial charge < -0.3 is 5.73 Å². The summed E-state index contributed by atoms with van der Waals surface area (Å²) >= 11 is 0. The van der Waals surface area contributed by atoms with E-state index >= 15 is 0 Å². The Bertz CT molecular complexity index is 193. The van der Waals surface area contributed by atoms with Crippen LogP contribution in [0.1, 0.15) is 65.2 Å². The predicted octanol–water partition coefficient (Wildman–Crippen LogP) is 3.50. The number of aliphatic imine (C=N–C) groups is 1. The van der Waals surface area contributed by atoms with E-state index in [0.29, 0.717) is 12.0 Å². The third-order valence-corrected chi connectivity index (χ3v) is 3.45. The molecular formula is C13H26N2. The van der Waals surface area contributed by atoms with Crippen molar-refractivity contribution in [3.63, 3.8) is 0 Å². The summed E-state index contributed by atoms with van der Waals surface area (Å²) in [5, 5.41) is 0. The number of amidine groups is 1. The standard InChI is InChI=1S/C13H26N2/c1-3-8-12(4-2)15-13(14)11-9-6-5-7-10-11/h11-12H,3-10H2,1-2H3,(H2,14,15). The fourth-order valence-electron chi connectivity index (χ4n) is 2.41. The van der Waals surface area contributed by atoms with E-state index < -0.39 is 0 Å². The molecule has 2 heteroatoms. The van der Waals surface area contributed by atoms with Crippen LogP contribution >= 0.6 is 0 Å². The van der Waals surface area contributed by atoms with Gasteiger partial charge in [0.25, 0.3) is 0 Å². The molecule has 0 aliphatic heterocycles. The predicted molar refractivity (Wildman–Crippen MR) is 67.2 cm³/mol. The second-order valence-electron chi connectivity index (χ2n) is 4.74. The number of hydrogen-bond acceptors (Lipinski definition) is 1. The van der Waals surface area contributed by atoms with E-state index in [1.165, 1.54) is 44.9 Å². The number of hydrogen-bond donors (Lipinski definition) is 1. The Hall–Kier alpha value is -0.530. The zero-order valence-electron chi connectivity index (χ0n) is 10.3. The minimum Gasteiger partial charge on any atom is -0.387 e. The zero-order chi connectivity index (χ0) is 11.1. The summed E-state index contributed by atoms with van der Waals surface area (Å²) in [5.74, 6) is 1.53. The fourth-order valence-corrected chi connectivity index (χ4v) is 2.41. The SMILES string of the molecule is CCCC(CC)N=C(N)C1CCCCC1. The Balaban J connectivity index is 2.47. The maximum atomic E-state index is 6.11. The summed E-state index contributed by atoms with van der Waals surface area (Å²) in [4.78, 5) is 4.70. The van der Waals surface area contributed by atoms with Crippen molar-refractivity contribution >= 4 is 5.84 Å². The van der Waals surface area contributed by atoms with Crippen LogP contribution in [0.25, 0.3) is 0 Å². The molecule has 15 heavy (non-hydrogen) atoms.